The van der Waals surface area contributed by atoms with E-state index in [9.17, 15) is 14.4 Å². The van der Waals surface area contributed by atoms with Crippen LogP contribution >= 0.6 is 0 Å². The molecule has 1 heterocycles. The molecule has 0 aromatic heterocycles. The predicted octanol–water partition coefficient (Wildman–Crippen LogP) is 3.77. The van der Waals surface area contributed by atoms with Crippen LogP contribution in [0.15, 0.2) is 54.6 Å². The Balaban J connectivity index is 1.71. The molecule has 1 atom stereocenters. The zero-order chi connectivity index (χ0) is 21.3. The summed E-state index contributed by atoms with van der Waals surface area (Å²) in [5.41, 5.74) is 1.78. The third kappa shape index (κ3) is 3.53. The van der Waals surface area contributed by atoms with Crippen LogP contribution in [0.3, 0.4) is 0 Å². The first kappa shape index (κ1) is 20.3. The maximum absolute atomic E-state index is 13.5. The van der Waals surface area contributed by atoms with Crippen LogP contribution in [0.5, 0.6) is 0 Å². The number of likely N-dealkylation sites (tertiary alicyclic amines) is 1. The van der Waals surface area contributed by atoms with Crippen LogP contribution in [-0.4, -0.2) is 46.7 Å². The monoisotopic (exact) mass is 404 g/mol. The molecule has 2 aliphatic rings. The van der Waals surface area contributed by atoms with Gasteiger partial charge in [0.2, 0.25) is 17.7 Å². The Morgan fingerprint density at radius 1 is 0.967 bits per heavy atom. The van der Waals surface area contributed by atoms with Crippen molar-refractivity contribution in [1.82, 2.24) is 9.80 Å². The number of rotatable bonds is 7. The van der Waals surface area contributed by atoms with Crippen molar-refractivity contribution in [3.63, 3.8) is 0 Å². The Morgan fingerprint density at radius 2 is 1.57 bits per heavy atom. The van der Waals surface area contributed by atoms with Gasteiger partial charge >= 0.3 is 0 Å². The van der Waals surface area contributed by atoms with Gasteiger partial charge in [-0.15, -0.1) is 0 Å². The lowest BCUT2D eigenvalue weighted by atomic mass is 9.75. The van der Waals surface area contributed by atoms with Gasteiger partial charge < -0.3 is 4.90 Å². The fourth-order valence-electron chi connectivity index (χ4n) is 4.49. The largest absolute Gasteiger partial charge is 0.343 e. The van der Waals surface area contributed by atoms with Gasteiger partial charge in [-0.25, -0.2) is 0 Å². The minimum atomic E-state index is -1.10. The molecular formula is C25H28N2O3. The molecule has 1 saturated carbocycles. The third-order valence-corrected chi connectivity index (χ3v) is 6.38. The fraction of sp³-hybridized carbons (Fsp3) is 0.400. The van der Waals surface area contributed by atoms with Crippen molar-refractivity contribution < 1.29 is 14.4 Å². The smallest absolute Gasteiger partial charge is 0.241 e. The molecular weight excluding hydrogens is 376 g/mol. The molecule has 5 nitrogen and oxygen atoms in total. The standard InChI is InChI=1S/C25H28N2O3/c1-3-26(4-2)22(28)16-25(17-23(29)27(24(25)30)21-14-15-21)20-12-10-19(11-13-20)18-8-6-5-7-9-18/h5-13,21H,3-4,14-17H2,1-2H3. The minimum Gasteiger partial charge on any atom is -0.343 e. The van der Waals surface area contributed by atoms with Crippen molar-refractivity contribution in [3.8, 4) is 11.1 Å². The van der Waals surface area contributed by atoms with Crippen molar-refractivity contribution in [3.05, 3.63) is 60.2 Å². The van der Waals surface area contributed by atoms with E-state index >= 15 is 0 Å². The average Bonchev–Trinajstić information content (AvgIpc) is 3.56. The summed E-state index contributed by atoms with van der Waals surface area (Å²) < 4.78 is 0. The van der Waals surface area contributed by atoms with Crippen LogP contribution < -0.4 is 0 Å². The van der Waals surface area contributed by atoms with Gasteiger partial charge in [0.1, 0.15) is 0 Å². The number of carbonyl (C=O) groups is 3. The summed E-state index contributed by atoms with van der Waals surface area (Å²) in [5.74, 6) is -0.434. The van der Waals surface area contributed by atoms with Gasteiger partial charge in [-0.3, -0.25) is 19.3 Å². The van der Waals surface area contributed by atoms with Gasteiger partial charge in [0.05, 0.1) is 5.41 Å². The molecule has 1 unspecified atom stereocenters. The van der Waals surface area contributed by atoms with Crippen LogP contribution in [-0.2, 0) is 19.8 Å². The normalized spacial score (nSPS) is 21.2. The quantitative estimate of drug-likeness (QED) is 0.660. The van der Waals surface area contributed by atoms with Crippen molar-refractivity contribution in [1.29, 1.82) is 0 Å². The zero-order valence-electron chi connectivity index (χ0n) is 17.6. The second-order valence-electron chi connectivity index (χ2n) is 8.25. The van der Waals surface area contributed by atoms with Gasteiger partial charge in [-0.1, -0.05) is 54.6 Å². The van der Waals surface area contributed by atoms with E-state index in [1.807, 2.05) is 68.4 Å². The maximum atomic E-state index is 13.5. The van der Waals surface area contributed by atoms with Crippen molar-refractivity contribution in [2.45, 2.75) is 51.0 Å². The molecule has 30 heavy (non-hydrogen) atoms. The van der Waals surface area contributed by atoms with Gasteiger partial charge in [-0.2, -0.15) is 0 Å². The first-order valence-electron chi connectivity index (χ1n) is 10.8. The van der Waals surface area contributed by atoms with E-state index in [0.717, 1.165) is 29.5 Å². The zero-order valence-corrected chi connectivity index (χ0v) is 17.6. The van der Waals surface area contributed by atoms with Crippen molar-refractivity contribution in [2.24, 2.45) is 0 Å². The van der Waals surface area contributed by atoms with E-state index in [1.54, 1.807) is 4.90 Å². The van der Waals surface area contributed by atoms with Gasteiger partial charge in [0.25, 0.3) is 0 Å². The van der Waals surface area contributed by atoms with Crippen molar-refractivity contribution in [2.75, 3.05) is 13.1 Å². The van der Waals surface area contributed by atoms with Crippen molar-refractivity contribution >= 4 is 17.7 Å². The molecule has 5 heteroatoms. The van der Waals surface area contributed by atoms with E-state index in [2.05, 4.69) is 0 Å². The lowest BCUT2D eigenvalue weighted by Crippen LogP contribution is -2.44. The molecule has 1 aliphatic carbocycles. The molecule has 156 valence electrons. The highest BCUT2D eigenvalue weighted by molar-refractivity contribution is 6.11. The number of hydrogen-bond donors (Lipinski definition) is 0. The summed E-state index contributed by atoms with van der Waals surface area (Å²) >= 11 is 0. The van der Waals surface area contributed by atoms with Crippen LogP contribution in [0.2, 0.25) is 0 Å². The van der Waals surface area contributed by atoms with Gasteiger partial charge in [-0.05, 0) is 43.4 Å². The Kier molecular flexibility index (Phi) is 5.46. The van der Waals surface area contributed by atoms with Crippen LogP contribution in [0.1, 0.15) is 45.1 Å². The number of carbonyl (C=O) groups excluding carboxylic acids is 3. The van der Waals surface area contributed by atoms with E-state index in [1.165, 1.54) is 4.90 Å². The van der Waals surface area contributed by atoms with Crippen LogP contribution in [0.25, 0.3) is 11.1 Å². The van der Waals surface area contributed by atoms with Gasteiger partial charge in [0, 0.05) is 32.0 Å². The Hall–Kier alpha value is -2.95. The highest BCUT2D eigenvalue weighted by Gasteiger charge is 2.57. The molecule has 1 aliphatic heterocycles. The average molecular weight is 405 g/mol. The molecule has 2 aromatic carbocycles. The fourth-order valence-corrected chi connectivity index (χ4v) is 4.49. The topological polar surface area (TPSA) is 57.7 Å². The summed E-state index contributed by atoms with van der Waals surface area (Å²) in [5, 5.41) is 0. The molecule has 3 amide bonds. The predicted molar refractivity (Wildman–Crippen MR) is 116 cm³/mol. The Bertz CT molecular complexity index is 946. The van der Waals surface area contributed by atoms with Gasteiger partial charge in [0.15, 0.2) is 0 Å². The Morgan fingerprint density at radius 3 is 2.13 bits per heavy atom. The highest BCUT2D eigenvalue weighted by atomic mass is 16.2. The second-order valence-corrected chi connectivity index (χ2v) is 8.25. The molecule has 2 fully saturated rings. The SMILES string of the molecule is CCN(CC)C(=O)CC1(c2ccc(-c3ccccc3)cc2)CC(=O)N(C2CC2)C1=O. The highest BCUT2D eigenvalue weighted by Crippen LogP contribution is 2.44. The second kappa shape index (κ2) is 8.05. The number of amides is 3. The summed E-state index contributed by atoms with van der Waals surface area (Å²) in [6.45, 7) is 5.04. The molecule has 4 rings (SSSR count). The molecule has 0 spiro atoms. The van der Waals surface area contributed by atoms with E-state index in [4.69, 9.17) is 0 Å². The molecule has 0 radical (unpaired) electrons. The summed E-state index contributed by atoms with van der Waals surface area (Å²) in [7, 11) is 0. The van der Waals surface area contributed by atoms with E-state index in [0.29, 0.717) is 13.1 Å². The van der Waals surface area contributed by atoms with Crippen LogP contribution in [0.4, 0.5) is 0 Å². The number of benzene rings is 2. The number of imide groups is 1. The number of nitrogens with zero attached hydrogens (tertiary/aromatic N) is 2. The maximum Gasteiger partial charge on any atom is 0.241 e. The van der Waals surface area contributed by atoms with Crippen LogP contribution in [0, 0.1) is 0 Å². The first-order chi connectivity index (χ1) is 14.5. The summed E-state index contributed by atoms with van der Waals surface area (Å²) in [4.78, 5) is 42.5. The third-order valence-electron chi connectivity index (χ3n) is 6.38. The molecule has 2 aromatic rings. The lowest BCUT2D eigenvalue weighted by Gasteiger charge is -2.30. The summed E-state index contributed by atoms with van der Waals surface area (Å²) in [6.07, 6.45) is 1.84. The molecule has 1 saturated heterocycles. The molecule has 0 N–H and O–H groups in total. The first-order valence-corrected chi connectivity index (χ1v) is 10.8. The summed E-state index contributed by atoms with van der Waals surface area (Å²) in [6, 6.07) is 17.8. The minimum absolute atomic E-state index is 0.0130. The van der Waals surface area contributed by atoms with E-state index < -0.39 is 5.41 Å². The Labute approximate surface area is 177 Å². The molecule has 0 bridgehead atoms. The lowest BCUT2D eigenvalue weighted by molar-refractivity contribution is -0.143. The number of hydrogen-bond acceptors (Lipinski definition) is 3. The van der Waals surface area contributed by atoms with E-state index in [-0.39, 0.29) is 36.6 Å².